The van der Waals surface area contributed by atoms with Crippen LogP contribution in [-0.4, -0.2) is 0 Å². The van der Waals surface area contributed by atoms with Gasteiger partial charge in [0.2, 0.25) is 0 Å². The normalized spacial score (nSPS) is 10.3. The van der Waals surface area contributed by atoms with Crippen molar-refractivity contribution in [2.24, 2.45) is 0 Å². The van der Waals surface area contributed by atoms with Crippen LogP contribution in [0.1, 0.15) is 5.56 Å². The van der Waals surface area contributed by atoms with Crippen LogP contribution >= 0.6 is 15.9 Å². The molecule has 3 N–H and O–H groups in total. The van der Waals surface area contributed by atoms with E-state index in [1.54, 1.807) is 12.1 Å². The monoisotopic (exact) mass is 294 g/mol. The summed E-state index contributed by atoms with van der Waals surface area (Å²) in [5, 5.41) is 3.14. The lowest BCUT2D eigenvalue weighted by molar-refractivity contribution is 0.628. The molecule has 17 heavy (non-hydrogen) atoms. The summed E-state index contributed by atoms with van der Waals surface area (Å²) in [6, 6.07) is 10.1. The van der Waals surface area contributed by atoms with Gasteiger partial charge in [0.1, 0.15) is 5.82 Å². The first-order valence-electron chi connectivity index (χ1n) is 5.14. The summed E-state index contributed by atoms with van der Waals surface area (Å²) < 4.78 is 13.9. The van der Waals surface area contributed by atoms with Gasteiger partial charge in [-0.3, -0.25) is 0 Å². The first-order valence-corrected chi connectivity index (χ1v) is 5.94. The lowest BCUT2D eigenvalue weighted by Crippen LogP contribution is -1.96. The van der Waals surface area contributed by atoms with E-state index in [0.717, 1.165) is 21.4 Å². The number of rotatable bonds is 2. The maximum atomic E-state index is 13.0. The van der Waals surface area contributed by atoms with E-state index in [-0.39, 0.29) is 5.82 Å². The topological polar surface area (TPSA) is 38.0 Å². The van der Waals surface area contributed by atoms with Crippen LogP contribution in [-0.2, 0) is 0 Å². The van der Waals surface area contributed by atoms with Crippen LogP contribution in [0.25, 0.3) is 0 Å². The Kier molecular flexibility index (Phi) is 3.33. The minimum atomic E-state index is -0.265. The van der Waals surface area contributed by atoms with E-state index in [9.17, 15) is 4.39 Å². The van der Waals surface area contributed by atoms with Gasteiger partial charge in [0.15, 0.2) is 0 Å². The fraction of sp³-hybridized carbons (Fsp3) is 0.0769. The van der Waals surface area contributed by atoms with Crippen LogP contribution in [0, 0.1) is 12.7 Å². The number of benzene rings is 2. The Morgan fingerprint density at radius 2 is 2.00 bits per heavy atom. The number of halogens is 2. The van der Waals surface area contributed by atoms with Crippen LogP contribution in [0.5, 0.6) is 0 Å². The van der Waals surface area contributed by atoms with E-state index >= 15 is 0 Å². The maximum Gasteiger partial charge on any atom is 0.125 e. The SMILES string of the molecule is Cc1cc(Nc2cccc(F)c2)c(Br)cc1N. The van der Waals surface area contributed by atoms with E-state index < -0.39 is 0 Å². The van der Waals surface area contributed by atoms with Crippen molar-refractivity contribution in [2.45, 2.75) is 6.92 Å². The van der Waals surface area contributed by atoms with Gasteiger partial charge >= 0.3 is 0 Å². The smallest absolute Gasteiger partial charge is 0.125 e. The first kappa shape index (κ1) is 11.9. The largest absolute Gasteiger partial charge is 0.398 e. The molecule has 0 heterocycles. The number of nitrogens with one attached hydrogen (secondary N) is 1. The van der Waals surface area contributed by atoms with E-state index in [4.69, 9.17) is 5.73 Å². The molecule has 0 aliphatic rings. The van der Waals surface area contributed by atoms with Crippen LogP contribution < -0.4 is 11.1 Å². The molecule has 4 heteroatoms. The number of aryl methyl sites for hydroxylation is 1. The molecule has 0 atom stereocenters. The zero-order chi connectivity index (χ0) is 12.4. The average Bonchev–Trinajstić information content (AvgIpc) is 2.26. The Bertz CT molecular complexity index is 555. The Hall–Kier alpha value is -1.55. The fourth-order valence-corrected chi connectivity index (χ4v) is 1.97. The Labute approximate surface area is 108 Å². The molecular formula is C13H12BrFN2. The third-order valence-corrected chi connectivity index (χ3v) is 3.12. The second-order valence-corrected chi connectivity index (χ2v) is 4.68. The summed E-state index contributed by atoms with van der Waals surface area (Å²) in [6.07, 6.45) is 0. The van der Waals surface area contributed by atoms with Crippen molar-refractivity contribution in [3.05, 3.63) is 52.3 Å². The number of hydrogen-bond donors (Lipinski definition) is 2. The molecule has 0 spiro atoms. The Balaban J connectivity index is 2.33. The van der Waals surface area contributed by atoms with Crippen LogP contribution in [0.15, 0.2) is 40.9 Å². The summed E-state index contributed by atoms with van der Waals surface area (Å²) >= 11 is 3.42. The quantitative estimate of drug-likeness (QED) is 0.814. The van der Waals surface area contributed by atoms with Gasteiger partial charge in [0.05, 0.1) is 5.69 Å². The average molecular weight is 295 g/mol. The van der Waals surface area contributed by atoms with E-state index in [1.807, 2.05) is 19.1 Å². The van der Waals surface area contributed by atoms with Gasteiger partial charge in [0.25, 0.3) is 0 Å². The zero-order valence-electron chi connectivity index (χ0n) is 9.30. The second-order valence-electron chi connectivity index (χ2n) is 3.82. The molecule has 0 saturated heterocycles. The van der Waals surface area contributed by atoms with Gasteiger partial charge in [-0.15, -0.1) is 0 Å². The van der Waals surface area contributed by atoms with Gasteiger partial charge < -0.3 is 11.1 Å². The zero-order valence-corrected chi connectivity index (χ0v) is 10.9. The molecule has 88 valence electrons. The van der Waals surface area contributed by atoms with E-state index in [0.29, 0.717) is 5.69 Å². The minimum absolute atomic E-state index is 0.265. The molecule has 0 aromatic heterocycles. The molecule has 2 aromatic rings. The van der Waals surface area contributed by atoms with Crippen molar-refractivity contribution in [2.75, 3.05) is 11.1 Å². The van der Waals surface area contributed by atoms with E-state index in [1.165, 1.54) is 12.1 Å². The Morgan fingerprint density at radius 1 is 1.24 bits per heavy atom. The van der Waals surface area contributed by atoms with Gasteiger partial charge in [-0.05, 0) is 58.7 Å². The lowest BCUT2D eigenvalue weighted by atomic mass is 10.2. The number of nitrogen functional groups attached to an aromatic ring is 1. The summed E-state index contributed by atoms with van der Waals surface area (Å²) in [5.41, 5.74) is 9.06. The van der Waals surface area contributed by atoms with Gasteiger partial charge in [-0.25, -0.2) is 4.39 Å². The van der Waals surface area contributed by atoms with Gasteiger partial charge in [-0.2, -0.15) is 0 Å². The number of hydrogen-bond acceptors (Lipinski definition) is 2. The lowest BCUT2D eigenvalue weighted by Gasteiger charge is -2.11. The molecule has 0 fully saturated rings. The van der Waals surface area contributed by atoms with Crippen molar-refractivity contribution >= 4 is 33.0 Å². The molecule has 0 amide bonds. The predicted molar refractivity (Wildman–Crippen MR) is 73.0 cm³/mol. The standard InChI is InChI=1S/C13H12BrFN2/c1-8-5-13(11(14)7-12(8)16)17-10-4-2-3-9(15)6-10/h2-7,17H,16H2,1H3. The van der Waals surface area contributed by atoms with Gasteiger partial charge in [-0.1, -0.05) is 6.07 Å². The highest BCUT2D eigenvalue weighted by Gasteiger charge is 2.04. The van der Waals surface area contributed by atoms with Crippen molar-refractivity contribution in [1.29, 1.82) is 0 Å². The van der Waals surface area contributed by atoms with Crippen LogP contribution in [0.4, 0.5) is 21.5 Å². The molecule has 0 bridgehead atoms. The van der Waals surface area contributed by atoms with Crippen molar-refractivity contribution in [3.63, 3.8) is 0 Å². The van der Waals surface area contributed by atoms with Crippen molar-refractivity contribution < 1.29 is 4.39 Å². The first-order chi connectivity index (χ1) is 8.06. The predicted octanol–water partition coefficient (Wildman–Crippen LogP) is 4.22. The molecule has 2 nitrogen and oxygen atoms in total. The maximum absolute atomic E-state index is 13.0. The third-order valence-electron chi connectivity index (χ3n) is 2.46. The van der Waals surface area contributed by atoms with Crippen LogP contribution in [0.3, 0.4) is 0 Å². The molecule has 0 aliphatic heterocycles. The molecule has 0 saturated carbocycles. The summed E-state index contributed by atoms with van der Waals surface area (Å²) in [6.45, 7) is 1.93. The summed E-state index contributed by atoms with van der Waals surface area (Å²) in [5.74, 6) is -0.265. The highest BCUT2D eigenvalue weighted by atomic mass is 79.9. The highest BCUT2D eigenvalue weighted by molar-refractivity contribution is 9.10. The Morgan fingerprint density at radius 3 is 2.71 bits per heavy atom. The van der Waals surface area contributed by atoms with Crippen molar-refractivity contribution in [1.82, 2.24) is 0 Å². The molecule has 2 aromatic carbocycles. The summed E-state index contributed by atoms with van der Waals surface area (Å²) in [7, 11) is 0. The third kappa shape index (κ3) is 2.77. The number of nitrogens with two attached hydrogens (primary N) is 1. The second kappa shape index (κ2) is 4.75. The fourth-order valence-electron chi connectivity index (χ4n) is 1.51. The molecule has 0 aliphatic carbocycles. The summed E-state index contributed by atoms with van der Waals surface area (Å²) in [4.78, 5) is 0. The molecular weight excluding hydrogens is 283 g/mol. The molecule has 0 radical (unpaired) electrons. The van der Waals surface area contributed by atoms with E-state index in [2.05, 4.69) is 21.2 Å². The number of anilines is 3. The minimum Gasteiger partial charge on any atom is -0.398 e. The van der Waals surface area contributed by atoms with Crippen molar-refractivity contribution in [3.8, 4) is 0 Å². The molecule has 0 unspecified atom stereocenters. The van der Waals surface area contributed by atoms with Gasteiger partial charge in [0, 0.05) is 15.8 Å². The van der Waals surface area contributed by atoms with Crippen LogP contribution in [0.2, 0.25) is 0 Å². The molecule has 2 rings (SSSR count). The highest BCUT2D eigenvalue weighted by Crippen LogP contribution is 2.30.